The van der Waals surface area contributed by atoms with E-state index in [0.717, 1.165) is 34.5 Å². The molecule has 0 radical (unpaired) electrons. The van der Waals surface area contributed by atoms with Crippen LogP contribution in [0.3, 0.4) is 0 Å². The monoisotopic (exact) mass is 285 g/mol. The van der Waals surface area contributed by atoms with E-state index in [9.17, 15) is 4.79 Å². The van der Waals surface area contributed by atoms with Gasteiger partial charge in [-0.05, 0) is 62.7 Å². The fourth-order valence-corrected chi connectivity index (χ4v) is 2.37. The number of ether oxygens (including phenoxy) is 1. The summed E-state index contributed by atoms with van der Waals surface area (Å²) < 4.78 is 7.54. The molecule has 0 unspecified atom stereocenters. The molecule has 0 bridgehead atoms. The summed E-state index contributed by atoms with van der Waals surface area (Å²) in [6.07, 6.45) is 2.78. The summed E-state index contributed by atoms with van der Waals surface area (Å²) in [4.78, 5) is 10.6. The maximum absolute atomic E-state index is 10.6. The third kappa shape index (κ3) is 3.34. The maximum atomic E-state index is 10.6. The first-order chi connectivity index (χ1) is 10.0. The molecule has 1 aromatic heterocycles. The quantitative estimate of drug-likeness (QED) is 0.854. The van der Waals surface area contributed by atoms with Gasteiger partial charge in [0.2, 0.25) is 0 Å². The highest BCUT2D eigenvalue weighted by atomic mass is 16.5. The third-order valence-electron chi connectivity index (χ3n) is 3.28. The van der Waals surface area contributed by atoms with Crippen molar-refractivity contribution in [3.05, 3.63) is 53.4 Å². The lowest BCUT2D eigenvalue weighted by Gasteiger charge is -2.11. The van der Waals surface area contributed by atoms with E-state index in [1.165, 1.54) is 0 Å². The summed E-state index contributed by atoms with van der Waals surface area (Å²) in [5.41, 5.74) is 4.00. The van der Waals surface area contributed by atoms with Crippen LogP contribution in [0.5, 0.6) is 5.75 Å². The molecule has 2 aromatic rings. The summed E-state index contributed by atoms with van der Waals surface area (Å²) in [6.45, 7) is 6.58. The predicted octanol–water partition coefficient (Wildman–Crippen LogP) is 3.59. The molecule has 0 amide bonds. The van der Waals surface area contributed by atoms with Gasteiger partial charge in [-0.1, -0.05) is 0 Å². The van der Waals surface area contributed by atoms with Crippen molar-refractivity contribution in [3.63, 3.8) is 0 Å². The lowest BCUT2D eigenvalue weighted by atomic mass is 10.2. The number of hydrogen-bond acceptors (Lipinski definition) is 2. The molecule has 1 heterocycles. The van der Waals surface area contributed by atoms with Gasteiger partial charge in [0.15, 0.2) is 0 Å². The van der Waals surface area contributed by atoms with E-state index in [2.05, 4.69) is 4.57 Å². The molecule has 4 nitrogen and oxygen atoms in total. The van der Waals surface area contributed by atoms with Gasteiger partial charge in [0.25, 0.3) is 0 Å². The van der Waals surface area contributed by atoms with Crippen LogP contribution in [0.15, 0.2) is 36.4 Å². The highest BCUT2D eigenvalue weighted by Crippen LogP contribution is 2.23. The molecule has 0 atom stereocenters. The topological polar surface area (TPSA) is 51.5 Å². The van der Waals surface area contributed by atoms with Crippen molar-refractivity contribution in [1.82, 2.24) is 4.57 Å². The normalized spacial score (nSPS) is 11.0. The Hall–Kier alpha value is -2.49. The van der Waals surface area contributed by atoms with Crippen molar-refractivity contribution in [3.8, 4) is 11.4 Å². The van der Waals surface area contributed by atoms with Crippen LogP contribution < -0.4 is 4.74 Å². The molecule has 0 fully saturated rings. The lowest BCUT2D eigenvalue weighted by Crippen LogP contribution is -1.99. The summed E-state index contributed by atoms with van der Waals surface area (Å²) in [5, 5.41) is 8.73. The zero-order valence-electron chi connectivity index (χ0n) is 12.5. The standard InChI is InChI=1S/C17H19NO3/c1-4-21-16-8-6-15(7-9-16)18-12(2)11-14(13(18)3)5-10-17(19)20/h5-11H,4H2,1-3H3,(H,19,20)/b10-5-. The van der Waals surface area contributed by atoms with Crippen LogP contribution in [-0.2, 0) is 4.79 Å². The number of hydrogen-bond donors (Lipinski definition) is 1. The van der Waals surface area contributed by atoms with Crippen molar-refractivity contribution >= 4 is 12.0 Å². The van der Waals surface area contributed by atoms with Gasteiger partial charge in [-0.2, -0.15) is 0 Å². The smallest absolute Gasteiger partial charge is 0.328 e. The molecule has 0 spiro atoms. The minimum atomic E-state index is -0.944. The molecule has 2 rings (SSSR count). The van der Waals surface area contributed by atoms with Crippen molar-refractivity contribution in [2.24, 2.45) is 0 Å². The fourth-order valence-electron chi connectivity index (χ4n) is 2.37. The summed E-state index contributed by atoms with van der Waals surface area (Å²) in [7, 11) is 0. The summed E-state index contributed by atoms with van der Waals surface area (Å²) in [6, 6.07) is 9.84. The second-order valence-corrected chi connectivity index (χ2v) is 4.76. The Bertz CT molecular complexity index is 666. The molecule has 0 aliphatic rings. The van der Waals surface area contributed by atoms with Gasteiger partial charge in [-0.25, -0.2) is 4.79 Å². The molecule has 1 N–H and O–H groups in total. The SMILES string of the molecule is CCOc1ccc(-n2c(C)cc(/C=C\C(=O)O)c2C)cc1. The lowest BCUT2D eigenvalue weighted by molar-refractivity contribution is -0.131. The molecule has 110 valence electrons. The Kier molecular flexibility index (Phi) is 4.48. The number of benzene rings is 1. The molecule has 0 saturated heterocycles. The number of aromatic nitrogens is 1. The van der Waals surface area contributed by atoms with Crippen LogP contribution in [-0.4, -0.2) is 22.2 Å². The molecule has 0 saturated carbocycles. The van der Waals surface area contributed by atoms with Gasteiger partial charge in [0, 0.05) is 23.2 Å². The Morgan fingerprint density at radius 1 is 1.29 bits per heavy atom. The molecular formula is C17H19NO3. The molecule has 0 aliphatic carbocycles. The van der Waals surface area contributed by atoms with Gasteiger partial charge in [-0.15, -0.1) is 0 Å². The third-order valence-corrected chi connectivity index (χ3v) is 3.28. The van der Waals surface area contributed by atoms with Crippen LogP contribution in [0.4, 0.5) is 0 Å². The minimum Gasteiger partial charge on any atom is -0.494 e. The number of carbonyl (C=O) groups is 1. The minimum absolute atomic E-state index is 0.644. The Morgan fingerprint density at radius 2 is 1.95 bits per heavy atom. The fraction of sp³-hybridized carbons (Fsp3) is 0.235. The van der Waals surface area contributed by atoms with Crippen LogP contribution in [0, 0.1) is 13.8 Å². The molecular weight excluding hydrogens is 266 g/mol. The number of nitrogens with zero attached hydrogens (tertiary/aromatic N) is 1. The first-order valence-electron chi connectivity index (χ1n) is 6.86. The maximum Gasteiger partial charge on any atom is 0.328 e. The van der Waals surface area contributed by atoms with E-state index in [4.69, 9.17) is 9.84 Å². The van der Waals surface area contributed by atoms with E-state index in [1.54, 1.807) is 6.08 Å². The van der Waals surface area contributed by atoms with Gasteiger partial charge >= 0.3 is 5.97 Å². The molecule has 21 heavy (non-hydrogen) atoms. The van der Waals surface area contributed by atoms with Gasteiger partial charge in [0.05, 0.1) is 6.61 Å². The van der Waals surface area contributed by atoms with E-state index < -0.39 is 5.97 Å². The van der Waals surface area contributed by atoms with Gasteiger partial charge < -0.3 is 14.4 Å². The second-order valence-electron chi connectivity index (χ2n) is 4.76. The van der Waals surface area contributed by atoms with Crippen LogP contribution in [0.25, 0.3) is 11.8 Å². The number of carboxylic acids is 1. The Balaban J connectivity index is 2.37. The summed E-state index contributed by atoms with van der Waals surface area (Å²) >= 11 is 0. The van der Waals surface area contributed by atoms with Gasteiger partial charge in [0.1, 0.15) is 5.75 Å². The molecule has 0 aliphatic heterocycles. The largest absolute Gasteiger partial charge is 0.494 e. The van der Waals surface area contributed by atoms with E-state index in [1.807, 2.05) is 51.1 Å². The van der Waals surface area contributed by atoms with Gasteiger partial charge in [-0.3, -0.25) is 0 Å². The zero-order chi connectivity index (χ0) is 15.4. The van der Waals surface area contributed by atoms with E-state index in [0.29, 0.717) is 6.61 Å². The highest BCUT2D eigenvalue weighted by Gasteiger charge is 2.09. The van der Waals surface area contributed by atoms with Crippen LogP contribution >= 0.6 is 0 Å². The average Bonchev–Trinajstić information content (AvgIpc) is 2.73. The average molecular weight is 285 g/mol. The number of carboxylic acid groups (broad SMARTS) is 1. The van der Waals surface area contributed by atoms with Crippen molar-refractivity contribution in [2.75, 3.05) is 6.61 Å². The first kappa shape index (κ1) is 14.9. The second kappa shape index (κ2) is 6.31. The highest BCUT2D eigenvalue weighted by molar-refractivity contribution is 5.85. The summed E-state index contributed by atoms with van der Waals surface area (Å²) in [5.74, 6) is -0.101. The van der Waals surface area contributed by atoms with E-state index >= 15 is 0 Å². The van der Waals surface area contributed by atoms with Crippen molar-refractivity contribution in [1.29, 1.82) is 0 Å². The predicted molar refractivity (Wildman–Crippen MR) is 83.1 cm³/mol. The number of aliphatic carboxylic acids is 1. The Labute approximate surface area is 124 Å². The number of rotatable bonds is 5. The Morgan fingerprint density at radius 3 is 2.52 bits per heavy atom. The molecule has 1 aromatic carbocycles. The first-order valence-corrected chi connectivity index (χ1v) is 6.86. The molecule has 4 heteroatoms. The number of aryl methyl sites for hydroxylation is 1. The zero-order valence-corrected chi connectivity index (χ0v) is 12.5. The van der Waals surface area contributed by atoms with Crippen molar-refractivity contribution < 1.29 is 14.6 Å². The van der Waals surface area contributed by atoms with E-state index in [-0.39, 0.29) is 0 Å². The van der Waals surface area contributed by atoms with Crippen LogP contribution in [0.2, 0.25) is 0 Å². The van der Waals surface area contributed by atoms with Crippen LogP contribution in [0.1, 0.15) is 23.9 Å². The van der Waals surface area contributed by atoms with Crippen molar-refractivity contribution in [2.45, 2.75) is 20.8 Å².